The van der Waals surface area contributed by atoms with Gasteiger partial charge in [-0.05, 0) is 56.8 Å². The van der Waals surface area contributed by atoms with Gasteiger partial charge in [0.25, 0.3) is 0 Å². The molecule has 1 aliphatic rings. The largest absolute Gasteiger partial charge is 0.491 e. The van der Waals surface area contributed by atoms with Gasteiger partial charge in [0.05, 0.1) is 12.3 Å². The highest BCUT2D eigenvalue weighted by Crippen LogP contribution is 2.25. The van der Waals surface area contributed by atoms with Crippen LogP contribution in [0.2, 0.25) is 0 Å². The summed E-state index contributed by atoms with van der Waals surface area (Å²) in [6.07, 6.45) is 6.07. The predicted molar refractivity (Wildman–Crippen MR) is 97.6 cm³/mol. The first-order valence-corrected chi connectivity index (χ1v) is 8.52. The van der Waals surface area contributed by atoms with E-state index in [0.717, 1.165) is 43.8 Å². The van der Waals surface area contributed by atoms with Crippen molar-refractivity contribution in [2.24, 2.45) is 5.92 Å². The van der Waals surface area contributed by atoms with Crippen molar-refractivity contribution < 1.29 is 9.53 Å². The van der Waals surface area contributed by atoms with E-state index in [1.54, 1.807) is 0 Å². The van der Waals surface area contributed by atoms with Crippen LogP contribution in [0.15, 0.2) is 24.3 Å². The molecule has 2 rings (SSSR count). The van der Waals surface area contributed by atoms with E-state index in [9.17, 15) is 4.79 Å². The molecule has 130 valence electrons. The number of unbranched alkanes of at least 4 members (excludes halogenated alkanes) is 1. The minimum Gasteiger partial charge on any atom is -0.491 e. The van der Waals surface area contributed by atoms with Gasteiger partial charge in [0.1, 0.15) is 5.75 Å². The van der Waals surface area contributed by atoms with E-state index in [2.05, 4.69) is 17.6 Å². The fourth-order valence-electron chi connectivity index (χ4n) is 2.74. The topological polar surface area (TPSA) is 50.4 Å². The first-order chi connectivity index (χ1) is 10.8. The summed E-state index contributed by atoms with van der Waals surface area (Å²) in [6.45, 7) is 5.00. The summed E-state index contributed by atoms with van der Waals surface area (Å²) in [5, 5.41) is 6.35. The van der Waals surface area contributed by atoms with Gasteiger partial charge in [-0.1, -0.05) is 25.5 Å². The number of benzene rings is 1. The van der Waals surface area contributed by atoms with Gasteiger partial charge in [0.15, 0.2) is 0 Å². The van der Waals surface area contributed by atoms with Gasteiger partial charge in [0, 0.05) is 6.42 Å². The zero-order valence-corrected chi connectivity index (χ0v) is 14.8. The van der Waals surface area contributed by atoms with Crippen molar-refractivity contribution in [3.63, 3.8) is 0 Å². The van der Waals surface area contributed by atoms with Crippen LogP contribution in [-0.2, 0) is 4.79 Å². The molecule has 1 amide bonds. The molecular formula is C18H29ClN2O2. The average Bonchev–Trinajstić information content (AvgIpc) is 2.56. The number of hydrogen-bond acceptors (Lipinski definition) is 3. The van der Waals surface area contributed by atoms with Crippen molar-refractivity contribution in [3.05, 3.63) is 24.3 Å². The third kappa shape index (κ3) is 7.23. The molecule has 0 bridgehead atoms. The number of piperidine rings is 1. The maximum absolute atomic E-state index is 12.2. The molecule has 1 fully saturated rings. The molecule has 0 saturated carbocycles. The minimum atomic E-state index is 0. The fraction of sp³-hybridized carbons (Fsp3) is 0.611. The number of carbonyl (C=O) groups excluding carboxylic acids is 1. The number of para-hydroxylation sites is 2. The van der Waals surface area contributed by atoms with Crippen molar-refractivity contribution in [2.75, 3.05) is 25.0 Å². The normalized spacial score (nSPS) is 14.8. The zero-order chi connectivity index (χ0) is 15.6. The SMILES string of the molecule is CCCCOc1ccccc1NC(=O)CCC1CCNCC1.Cl. The number of carbonyl (C=O) groups is 1. The Morgan fingerprint density at radius 2 is 2.04 bits per heavy atom. The molecule has 0 radical (unpaired) electrons. The standard InChI is InChI=1S/C18H28N2O2.ClH/c1-2-3-14-22-17-7-5-4-6-16(17)20-18(21)9-8-15-10-12-19-13-11-15;/h4-7,15,19H,2-3,8-14H2,1H3,(H,20,21);1H. The van der Waals surface area contributed by atoms with Crippen molar-refractivity contribution in [2.45, 2.75) is 45.4 Å². The predicted octanol–water partition coefficient (Wildman–Crippen LogP) is 4.01. The van der Waals surface area contributed by atoms with E-state index >= 15 is 0 Å². The molecule has 1 aromatic rings. The molecule has 1 saturated heterocycles. The second-order valence-corrected chi connectivity index (χ2v) is 5.98. The summed E-state index contributed by atoms with van der Waals surface area (Å²) in [7, 11) is 0. The lowest BCUT2D eigenvalue weighted by molar-refractivity contribution is -0.116. The Labute approximate surface area is 145 Å². The Hall–Kier alpha value is -1.26. The van der Waals surface area contributed by atoms with Gasteiger partial charge in [-0.2, -0.15) is 0 Å². The number of anilines is 1. The van der Waals surface area contributed by atoms with Crippen LogP contribution in [0.1, 0.15) is 45.4 Å². The van der Waals surface area contributed by atoms with Gasteiger partial charge in [-0.15, -0.1) is 12.4 Å². The van der Waals surface area contributed by atoms with Crippen molar-refractivity contribution in [3.8, 4) is 5.75 Å². The van der Waals surface area contributed by atoms with Crippen LogP contribution in [0.25, 0.3) is 0 Å². The summed E-state index contributed by atoms with van der Waals surface area (Å²) in [6, 6.07) is 7.68. The summed E-state index contributed by atoms with van der Waals surface area (Å²) in [5.41, 5.74) is 0.786. The molecule has 5 heteroatoms. The lowest BCUT2D eigenvalue weighted by Gasteiger charge is -2.22. The molecule has 0 unspecified atom stereocenters. The third-order valence-corrected chi connectivity index (χ3v) is 4.15. The Bertz CT molecular complexity index is 462. The Morgan fingerprint density at radius 1 is 1.30 bits per heavy atom. The Kier molecular flexibility index (Phi) is 9.72. The monoisotopic (exact) mass is 340 g/mol. The molecule has 0 aliphatic carbocycles. The molecule has 0 aromatic heterocycles. The van der Waals surface area contributed by atoms with Crippen LogP contribution in [0.3, 0.4) is 0 Å². The molecule has 0 spiro atoms. The van der Waals surface area contributed by atoms with E-state index in [-0.39, 0.29) is 18.3 Å². The molecule has 0 atom stereocenters. The lowest BCUT2D eigenvalue weighted by atomic mass is 9.93. The highest BCUT2D eigenvalue weighted by atomic mass is 35.5. The van der Waals surface area contributed by atoms with Gasteiger partial charge >= 0.3 is 0 Å². The molecule has 23 heavy (non-hydrogen) atoms. The summed E-state index contributed by atoms with van der Waals surface area (Å²) in [4.78, 5) is 12.2. The number of ether oxygens (including phenoxy) is 1. The maximum Gasteiger partial charge on any atom is 0.224 e. The number of amides is 1. The number of nitrogens with one attached hydrogen (secondary N) is 2. The smallest absolute Gasteiger partial charge is 0.224 e. The summed E-state index contributed by atoms with van der Waals surface area (Å²) < 4.78 is 5.75. The third-order valence-electron chi connectivity index (χ3n) is 4.15. The van der Waals surface area contributed by atoms with Crippen molar-refractivity contribution in [1.82, 2.24) is 5.32 Å². The highest BCUT2D eigenvalue weighted by Gasteiger charge is 2.15. The van der Waals surface area contributed by atoms with Crippen LogP contribution in [-0.4, -0.2) is 25.6 Å². The van der Waals surface area contributed by atoms with Gasteiger partial charge in [0.2, 0.25) is 5.91 Å². The minimum absolute atomic E-state index is 0. The second-order valence-electron chi connectivity index (χ2n) is 5.98. The van der Waals surface area contributed by atoms with E-state index < -0.39 is 0 Å². The molecule has 1 heterocycles. The summed E-state index contributed by atoms with van der Waals surface area (Å²) in [5.74, 6) is 1.54. The lowest BCUT2D eigenvalue weighted by Crippen LogP contribution is -2.28. The first kappa shape index (κ1) is 19.8. The van der Waals surface area contributed by atoms with Crippen molar-refractivity contribution >= 4 is 24.0 Å². The van der Waals surface area contributed by atoms with E-state index in [1.165, 1.54) is 12.8 Å². The quantitative estimate of drug-likeness (QED) is 0.703. The Morgan fingerprint density at radius 3 is 2.78 bits per heavy atom. The Balaban J connectivity index is 0.00000264. The van der Waals surface area contributed by atoms with Gasteiger partial charge in [-0.3, -0.25) is 4.79 Å². The van der Waals surface area contributed by atoms with Crippen LogP contribution in [0, 0.1) is 5.92 Å². The average molecular weight is 341 g/mol. The van der Waals surface area contributed by atoms with E-state index in [4.69, 9.17) is 4.74 Å². The second kappa shape index (κ2) is 11.3. The number of rotatable bonds is 8. The van der Waals surface area contributed by atoms with Crippen LogP contribution in [0.4, 0.5) is 5.69 Å². The maximum atomic E-state index is 12.2. The molecule has 2 N–H and O–H groups in total. The van der Waals surface area contributed by atoms with Crippen molar-refractivity contribution in [1.29, 1.82) is 0 Å². The first-order valence-electron chi connectivity index (χ1n) is 8.52. The molecular weight excluding hydrogens is 312 g/mol. The highest BCUT2D eigenvalue weighted by molar-refractivity contribution is 5.92. The van der Waals surface area contributed by atoms with Crippen LogP contribution >= 0.6 is 12.4 Å². The summed E-state index contributed by atoms with van der Waals surface area (Å²) >= 11 is 0. The molecule has 1 aromatic carbocycles. The van der Waals surface area contributed by atoms with E-state index in [1.807, 2.05) is 24.3 Å². The molecule has 1 aliphatic heterocycles. The number of halogens is 1. The van der Waals surface area contributed by atoms with Gasteiger partial charge < -0.3 is 15.4 Å². The van der Waals surface area contributed by atoms with E-state index in [0.29, 0.717) is 18.9 Å². The van der Waals surface area contributed by atoms with Crippen LogP contribution in [0.5, 0.6) is 5.75 Å². The van der Waals surface area contributed by atoms with Gasteiger partial charge in [-0.25, -0.2) is 0 Å². The van der Waals surface area contributed by atoms with Crippen LogP contribution < -0.4 is 15.4 Å². The zero-order valence-electron chi connectivity index (χ0n) is 14.0. The molecule has 4 nitrogen and oxygen atoms in total. The number of hydrogen-bond donors (Lipinski definition) is 2. The fourth-order valence-corrected chi connectivity index (χ4v) is 2.74.